The molecule has 0 aliphatic heterocycles. The van der Waals surface area contributed by atoms with Crippen molar-refractivity contribution in [1.82, 2.24) is 14.4 Å². The molecule has 0 atom stereocenters. The predicted molar refractivity (Wildman–Crippen MR) is 155 cm³/mol. The Morgan fingerprint density at radius 3 is 1.61 bits per heavy atom. The molecule has 0 aliphatic rings. The largest absolute Gasteiger partial charge is 0.494 e. The number of hydrogen-bond acceptors (Lipinski definition) is 4. The van der Waals surface area contributed by atoms with Crippen molar-refractivity contribution in [3.63, 3.8) is 0 Å². The number of aryl methyl sites for hydroxylation is 1. The zero-order chi connectivity index (χ0) is 25.8. The molecule has 0 spiro atoms. The molecule has 200 valence electrons. The van der Waals surface area contributed by atoms with Gasteiger partial charge < -0.3 is 23.8 Å². The molecule has 1 aromatic heterocycles. The number of benzene rings is 2. The van der Waals surface area contributed by atoms with Crippen LogP contribution in [-0.4, -0.2) is 66.8 Å². The predicted octanol–water partition coefficient (Wildman–Crippen LogP) is 7.11. The molecule has 0 radical (unpaired) electrons. The lowest BCUT2D eigenvalue weighted by atomic mass is 10.1. The van der Waals surface area contributed by atoms with Crippen molar-refractivity contribution in [3.8, 4) is 11.5 Å². The van der Waals surface area contributed by atoms with E-state index in [1.54, 1.807) is 0 Å². The average molecular weight is 496 g/mol. The third-order valence-corrected chi connectivity index (χ3v) is 6.88. The van der Waals surface area contributed by atoms with Crippen molar-refractivity contribution in [2.45, 2.75) is 66.2 Å². The van der Waals surface area contributed by atoms with Gasteiger partial charge in [-0.15, -0.1) is 0 Å². The van der Waals surface area contributed by atoms with Crippen molar-refractivity contribution in [1.29, 1.82) is 0 Å². The summed E-state index contributed by atoms with van der Waals surface area (Å²) in [6.07, 6.45) is 6.96. The lowest BCUT2D eigenvalue weighted by Crippen LogP contribution is -2.27. The lowest BCUT2D eigenvalue weighted by molar-refractivity contribution is 0.234. The maximum absolute atomic E-state index is 6.16. The van der Waals surface area contributed by atoms with Crippen LogP contribution in [0.5, 0.6) is 11.5 Å². The monoisotopic (exact) mass is 495 g/mol. The summed E-state index contributed by atoms with van der Waals surface area (Å²) in [4.78, 5) is 5.09. The van der Waals surface area contributed by atoms with Crippen LogP contribution in [0.3, 0.4) is 0 Å². The maximum atomic E-state index is 6.16. The van der Waals surface area contributed by atoms with Crippen LogP contribution in [0.1, 0.15) is 66.2 Å². The van der Waals surface area contributed by atoms with Crippen LogP contribution in [0.2, 0.25) is 0 Å². The number of hydrogen-bond donors (Lipinski definition) is 0. The molecule has 0 N–H and O–H groups in total. The second-order valence-corrected chi connectivity index (χ2v) is 10.0. The summed E-state index contributed by atoms with van der Waals surface area (Å²) in [6, 6.07) is 13.0. The lowest BCUT2D eigenvalue weighted by Gasteiger charge is -2.20. The Labute approximate surface area is 219 Å². The standard InChI is InChI=1S/C31H49N3O2/c1-6-16-33(17-7-2)20-10-22-35-26-13-15-30-29(24-26)28-14-12-27(25-31(28)32(30)5)36-23-11-21-34(18-8-3)19-9-4/h12-15,24-25H,6-11,16-23H2,1-5H3. The van der Waals surface area contributed by atoms with Gasteiger partial charge in [0.2, 0.25) is 0 Å². The van der Waals surface area contributed by atoms with Gasteiger partial charge in [-0.2, -0.15) is 0 Å². The van der Waals surface area contributed by atoms with E-state index in [9.17, 15) is 0 Å². The van der Waals surface area contributed by atoms with Crippen molar-refractivity contribution < 1.29 is 9.47 Å². The second-order valence-electron chi connectivity index (χ2n) is 10.0. The zero-order valence-electron chi connectivity index (χ0n) is 23.5. The first kappa shape index (κ1) is 28.3. The van der Waals surface area contributed by atoms with Crippen LogP contribution >= 0.6 is 0 Å². The van der Waals surface area contributed by atoms with E-state index in [1.807, 2.05) is 0 Å². The first-order chi connectivity index (χ1) is 17.6. The van der Waals surface area contributed by atoms with Gasteiger partial charge in [0.25, 0.3) is 0 Å². The van der Waals surface area contributed by atoms with E-state index in [2.05, 4.69) is 85.5 Å². The van der Waals surface area contributed by atoms with Crippen molar-refractivity contribution in [3.05, 3.63) is 36.4 Å². The van der Waals surface area contributed by atoms with Crippen molar-refractivity contribution >= 4 is 21.8 Å². The molecular formula is C31H49N3O2. The fourth-order valence-electron chi connectivity index (χ4n) is 5.24. The highest BCUT2D eigenvalue weighted by Gasteiger charge is 2.11. The molecule has 0 fully saturated rings. The zero-order valence-corrected chi connectivity index (χ0v) is 23.5. The van der Waals surface area contributed by atoms with Gasteiger partial charge in [-0.05, 0) is 95.0 Å². The number of nitrogens with zero attached hydrogens (tertiary/aromatic N) is 3. The molecule has 36 heavy (non-hydrogen) atoms. The average Bonchev–Trinajstić information content (AvgIpc) is 3.15. The Morgan fingerprint density at radius 2 is 1.08 bits per heavy atom. The smallest absolute Gasteiger partial charge is 0.121 e. The highest BCUT2D eigenvalue weighted by Crippen LogP contribution is 2.33. The molecule has 0 saturated heterocycles. The van der Waals surface area contributed by atoms with Crippen LogP contribution < -0.4 is 9.47 Å². The highest BCUT2D eigenvalue weighted by atomic mass is 16.5. The minimum atomic E-state index is 0.755. The fraction of sp³-hybridized carbons (Fsp3) is 0.613. The Hall–Kier alpha value is -2.24. The summed E-state index contributed by atoms with van der Waals surface area (Å²) in [5.41, 5.74) is 2.43. The maximum Gasteiger partial charge on any atom is 0.121 e. The summed E-state index contributed by atoms with van der Waals surface area (Å²) in [7, 11) is 2.14. The van der Waals surface area contributed by atoms with E-state index >= 15 is 0 Å². The van der Waals surface area contributed by atoms with E-state index in [0.717, 1.165) is 50.6 Å². The molecule has 5 heteroatoms. The van der Waals surface area contributed by atoms with E-state index in [1.165, 1.54) is 73.7 Å². The Kier molecular flexibility index (Phi) is 11.9. The van der Waals surface area contributed by atoms with Crippen LogP contribution in [-0.2, 0) is 7.05 Å². The molecule has 0 unspecified atom stereocenters. The molecule has 1 heterocycles. The topological polar surface area (TPSA) is 29.9 Å². The molecule has 3 aromatic rings. The van der Waals surface area contributed by atoms with Gasteiger partial charge in [-0.25, -0.2) is 0 Å². The number of aromatic nitrogens is 1. The van der Waals surface area contributed by atoms with Gasteiger partial charge in [0.05, 0.1) is 18.7 Å². The van der Waals surface area contributed by atoms with Gasteiger partial charge in [0.15, 0.2) is 0 Å². The first-order valence-corrected chi connectivity index (χ1v) is 14.3. The van der Waals surface area contributed by atoms with E-state index in [-0.39, 0.29) is 0 Å². The molecule has 0 saturated carbocycles. The van der Waals surface area contributed by atoms with E-state index < -0.39 is 0 Å². The van der Waals surface area contributed by atoms with Gasteiger partial charge in [0, 0.05) is 42.5 Å². The number of rotatable bonds is 18. The number of ether oxygens (including phenoxy) is 2. The highest BCUT2D eigenvalue weighted by molar-refractivity contribution is 6.08. The molecule has 5 nitrogen and oxygen atoms in total. The van der Waals surface area contributed by atoms with Gasteiger partial charge in [0.1, 0.15) is 11.5 Å². The number of fused-ring (bicyclic) bond motifs is 3. The fourth-order valence-corrected chi connectivity index (χ4v) is 5.24. The van der Waals surface area contributed by atoms with Gasteiger partial charge in [-0.1, -0.05) is 27.7 Å². The third kappa shape index (κ3) is 7.88. The minimum Gasteiger partial charge on any atom is -0.494 e. The summed E-state index contributed by atoms with van der Waals surface area (Å²) >= 11 is 0. The minimum absolute atomic E-state index is 0.755. The quantitative estimate of drug-likeness (QED) is 0.176. The van der Waals surface area contributed by atoms with Crippen molar-refractivity contribution in [2.24, 2.45) is 7.05 Å². The normalized spacial score (nSPS) is 11.9. The van der Waals surface area contributed by atoms with Gasteiger partial charge in [-0.3, -0.25) is 0 Å². The summed E-state index contributed by atoms with van der Waals surface area (Å²) in [5, 5.41) is 2.49. The molecule has 2 aromatic carbocycles. The van der Waals surface area contributed by atoms with Crippen molar-refractivity contribution in [2.75, 3.05) is 52.5 Å². The second kappa shape index (κ2) is 15.1. The summed E-state index contributed by atoms with van der Waals surface area (Å²) in [6.45, 7) is 17.5. The molecular weight excluding hydrogens is 446 g/mol. The van der Waals surface area contributed by atoms with Crippen LogP contribution in [0.15, 0.2) is 36.4 Å². The molecule has 3 rings (SSSR count). The van der Waals surface area contributed by atoms with E-state index in [4.69, 9.17) is 9.47 Å². The Bertz CT molecular complexity index is 1030. The third-order valence-electron chi connectivity index (χ3n) is 6.88. The Balaban J connectivity index is 1.59. The molecule has 0 bridgehead atoms. The molecule has 0 amide bonds. The Morgan fingerprint density at radius 1 is 0.583 bits per heavy atom. The molecule has 0 aliphatic carbocycles. The first-order valence-electron chi connectivity index (χ1n) is 14.3. The van der Waals surface area contributed by atoms with E-state index in [0.29, 0.717) is 0 Å². The van der Waals surface area contributed by atoms with Crippen LogP contribution in [0, 0.1) is 0 Å². The summed E-state index contributed by atoms with van der Waals surface area (Å²) < 4.78 is 14.6. The van der Waals surface area contributed by atoms with Crippen LogP contribution in [0.25, 0.3) is 21.8 Å². The SMILES string of the molecule is CCCN(CCC)CCCOc1ccc2c(c1)c1ccc(OCCCN(CCC)CCC)cc1n2C. The van der Waals surface area contributed by atoms with Gasteiger partial charge >= 0.3 is 0 Å². The van der Waals surface area contributed by atoms with Crippen LogP contribution in [0.4, 0.5) is 0 Å². The summed E-state index contributed by atoms with van der Waals surface area (Å²) in [5.74, 6) is 1.91.